The van der Waals surface area contributed by atoms with Gasteiger partial charge in [-0.05, 0) is 19.8 Å². The zero-order valence-electron chi connectivity index (χ0n) is 33.4. The molecule has 0 spiro atoms. The van der Waals surface area contributed by atoms with Gasteiger partial charge >= 0.3 is 208 Å². The summed E-state index contributed by atoms with van der Waals surface area (Å²) in [6.07, 6.45) is 3.07. The number of rotatable bonds is 6. The van der Waals surface area contributed by atoms with Crippen LogP contribution in [-0.4, -0.2) is 39.1 Å². The molecular weight excluding hydrogens is 883 g/mol. The summed E-state index contributed by atoms with van der Waals surface area (Å²) in [7, 11) is 0. The van der Waals surface area contributed by atoms with Crippen LogP contribution in [0.5, 0.6) is 0 Å². The predicted molar refractivity (Wildman–Crippen MR) is 217 cm³/mol. The number of furan rings is 1. The monoisotopic (exact) mass is 939 g/mol. The van der Waals surface area contributed by atoms with Crippen LogP contribution in [0.2, 0.25) is 17.3 Å². The Morgan fingerprint density at radius 2 is 1.52 bits per heavy atom. The Labute approximate surface area is 325 Å². The van der Waals surface area contributed by atoms with Crippen LogP contribution in [-0.2, 0) is 24.9 Å². The van der Waals surface area contributed by atoms with Crippen molar-refractivity contribution in [3.8, 4) is 11.3 Å². The number of benzene rings is 3. The van der Waals surface area contributed by atoms with Crippen LogP contribution in [0.4, 0.5) is 0 Å². The predicted octanol–water partition coefficient (Wildman–Crippen LogP) is 11.5. The second-order valence-corrected chi connectivity index (χ2v) is 27.0. The molecule has 0 atom stereocenters. The van der Waals surface area contributed by atoms with Crippen LogP contribution in [0.15, 0.2) is 52.7 Å². The second kappa shape index (κ2) is 15.2. The Balaban J connectivity index is 0.000000323. The zero-order chi connectivity index (χ0) is 37.8. The Morgan fingerprint density at radius 1 is 0.885 bits per heavy atom. The van der Waals surface area contributed by atoms with Gasteiger partial charge in [-0.1, -0.05) is 41.5 Å². The average Bonchev–Trinajstić information content (AvgIpc) is 3.42. The molecule has 52 heavy (non-hydrogen) atoms. The van der Waals surface area contributed by atoms with Crippen molar-refractivity contribution in [3.63, 3.8) is 0 Å². The molecule has 6 aromatic rings. The van der Waals surface area contributed by atoms with Gasteiger partial charge in [0.05, 0.1) is 0 Å². The van der Waals surface area contributed by atoms with Crippen molar-refractivity contribution in [1.82, 2.24) is 15.0 Å². The van der Waals surface area contributed by atoms with E-state index < -0.39 is 18.7 Å². The van der Waals surface area contributed by atoms with Crippen molar-refractivity contribution in [2.75, 3.05) is 0 Å². The van der Waals surface area contributed by atoms with Crippen LogP contribution in [0.3, 0.4) is 0 Å². The summed E-state index contributed by atoms with van der Waals surface area (Å²) in [6, 6.07) is 16.4. The number of pyridine rings is 1. The third-order valence-electron chi connectivity index (χ3n) is 10.5. The van der Waals surface area contributed by atoms with Gasteiger partial charge in [0.2, 0.25) is 0 Å². The summed E-state index contributed by atoms with van der Waals surface area (Å²) in [4.78, 5) is 26.3. The maximum absolute atomic E-state index is 11.7. The Morgan fingerprint density at radius 3 is 2.12 bits per heavy atom. The molecule has 6 nitrogen and oxygen atoms in total. The molecule has 0 fully saturated rings. The SMILES string of the molecule is CCC(C)(CC)/C(O)=C/C(=O)C(C)(C)C.Cc1ccc2c(n1)oc1c(-c3nc(C)nc4c3ccc3cc(C)[c]([Ge]([CH3])([CH3])[CH3])c(C)c34)[c-]cc(C)c12.[Ir]. The van der Waals surface area contributed by atoms with E-state index in [0.717, 1.165) is 68.4 Å². The van der Waals surface area contributed by atoms with Gasteiger partial charge < -0.3 is 5.11 Å². The van der Waals surface area contributed by atoms with Crippen molar-refractivity contribution in [3.05, 3.63) is 82.5 Å². The van der Waals surface area contributed by atoms with Crippen LogP contribution in [0.25, 0.3) is 55.0 Å². The number of fused-ring (bicyclic) bond motifs is 6. The molecule has 8 heteroatoms. The van der Waals surface area contributed by atoms with E-state index in [9.17, 15) is 9.90 Å². The minimum Gasteiger partial charge on any atom is 0 e. The maximum atomic E-state index is 11.7. The number of nitrogens with zero attached hydrogens (tertiary/aromatic N) is 3. The van der Waals surface area contributed by atoms with Gasteiger partial charge in [-0.2, -0.15) is 0 Å². The van der Waals surface area contributed by atoms with Crippen molar-refractivity contribution >= 4 is 67.2 Å². The molecule has 1 N–H and O–H groups in total. The second-order valence-electron chi connectivity index (χ2n) is 16.5. The van der Waals surface area contributed by atoms with Crippen molar-refractivity contribution in [2.45, 2.75) is 106 Å². The number of ketones is 1. The van der Waals surface area contributed by atoms with E-state index in [2.05, 4.69) is 73.4 Å². The average molecular weight is 938 g/mol. The van der Waals surface area contributed by atoms with Crippen LogP contribution in [0.1, 0.15) is 82.6 Å². The molecule has 0 aliphatic rings. The minimum atomic E-state index is -2.11. The number of aliphatic hydroxyl groups excluding tert-OH is 1. The number of carbonyl (C=O) groups is 1. The first-order valence-electron chi connectivity index (χ1n) is 18.1. The van der Waals surface area contributed by atoms with Crippen LogP contribution in [0, 0.1) is 51.5 Å². The number of allylic oxidation sites excluding steroid dienone is 2. The summed E-state index contributed by atoms with van der Waals surface area (Å²) in [5.74, 6) is 8.34. The molecular formula is C44H54GeIrN3O3-. The van der Waals surface area contributed by atoms with E-state index in [0.29, 0.717) is 5.71 Å². The number of hydrogen-bond acceptors (Lipinski definition) is 6. The quantitative estimate of drug-likeness (QED) is 0.0588. The molecule has 3 aromatic carbocycles. The van der Waals surface area contributed by atoms with Crippen LogP contribution >= 0.6 is 0 Å². The van der Waals surface area contributed by atoms with Gasteiger partial charge in [-0.15, -0.1) is 0 Å². The van der Waals surface area contributed by atoms with Crippen LogP contribution < -0.4 is 4.40 Å². The van der Waals surface area contributed by atoms with Gasteiger partial charge in [-0.25, -0.2) is 0 Å². The van der Waals surface area contributed by atoms with E-state index >= 15 is 0 Å². The van der Waals surface area contributed by atoms with E-state index in [4.69, 9.17) is 14.4 Å². The fourth-order valence-electron chi connectivity index (χ4n) is 7.17. The van der Waals surface area contributed by atoms with Gasteiger partial charge in [0.1, 0.15) is 5.76 Å². The van der Waals surface area contributed by atoms with E-state index in [1.54, 1.807) is 4.40 Å². The molecule has 3 aromatic heterocycles. The summed E-state index contributed by atoms with van der Waals surface area (Å²) in [5.41, 5.74) is 8.31. The number of hydrogen-bond donors (Lipinski definition) is 1. The Bertz CT molecular complexity index is 2360. The van der Waals surface area contributed by atoms with Gasteiger partial charge in [0.25, 0.3) is 0 Å². The summed E-state index contributed by atoms with van der Waals surface area (Å²) in [6.45, 7) is 22.2. The fourth-order valence-corrected chi connectivity index (χ4v) is 12.4. The zero-order valence-corrected chi connectivity index (χ0v) is 37.9. The third kappa shape index (κ3) is 7.78. The van der Waals surface area contributed by atoms with Crippen molar-refractivity contribution < 1.29 is 34.4 Å². The van der Waals surface area contributed by atoms with E-state index in [1.165, 1.54) is 28.0 Å². The topological polar surface area (TPSA) is 89.1 Å². The Kier molecular flexibility index (Phi) is 12.1. The molecule has 277 valence electrons. The Hall–Kier alpha value is -3.39. The molecule has 0 amide bonds. The van der Waals surface area contributed by atoms with E-state index in [1.807, 2.05) is 67.5 Å². The first-order chi connectivity index (χ1) is 23.7. The molecule has 0 aliphatic heterocycles. The molecule has 3 heterocycles. The van der Waals surface area contributed by atoms with E-state index in [-0.39, 0.29) is 37.1 Å². The fraction of sp³-hybridized carbons (Fsp3) is 0.409. The van der Waals surface area contributed by atoms with Crippen molar-refractivity contribution in [2.24, 2.45) is 10.8 Å². The molecule has 0 saturated heterocycles. The van der Waals surface area contributed by atoms with Gasteiger partial charge in [-0.3, -0.25) is 4.79 Å². The molecule has 0 saturated carbocycles. The number of aromatic nitrogens is 3. The molecule has 0 unspecified atom stereocenters. The minimum absolute atomic E-state index is 0. The van der Waals surface area contributed by atoms with Gasteiger partial charge in [0.15, 0.2) is 5.78 Å². The standard InChI is InChI=1S/C31H30GeN3O.C13H24O2.Ir/c1-16-9-12-24(30-25(16)22-13-10-18(3)33-31(22)36-30)28-23-14-11-21-15-17(2)27(32(6,7)8)19(4)26(21)29(23)35-20(5)34-28;1-7-13(6,8-2)11(15)9-10(14)12(3,4)5;/h9-11,13-15H,1-8H3;9,15H,7-8H2,1-6H3;/q-1;;/b;11-9-;. The smallest absolute Gasteiger partial charge is 0 e. The number of aliphatic hydroxyl groups is 1. The number of carbonyl (C=O) groups excluding carboxylic acids is 1. The third-order valence-corrected chi connectivity index (χ3v) is 15.2. The summed E-state index contributed by atoms with van der Waals surface area (Å²) >= 11 is -2.11. The van der Waals surface area contributed by atoms with Crippen molar-refractivity contribution in [1.29, 1.82) is 0 Å². The van der Waals surface area contributed by atoms with Gasteiger partial charge in [0, 0.05) is 37.0 Å². The first kappa shape index (κ1) is 41.4. The molecule has 0 aliphatic carbocycles. The molecule has 0 bridgehead atoms. The largest absolute Gasteiger partial charge is 0 e. The molecule has 6 rings (SSSR count). The number of aryl methyl sites for hydroxylation is 5. The normalized spacial score (nSPS) is 12.7. The summed E-state index contributed by atoms with van der Waals surface area (Å²) in [5, 5.41) is 15.5. The first-order valence-corrected chi connectivity index (χ1v) is 25.4. The maximum Gasteiger partial charge on any atom is 0 e. The summed E-state index contributed by atoms with van der Waals surface area (Å²) < 4.78 is 7.95. The molecule has 1 radical (unpaired) electrons.